The first-order valence-electron chi connectivity index (χ1n) is 5.75. The van der Waals surface area contributed by atoms with Gasteiger partial charge in [-0.05, 0) is 19.8 Å². The second kappa shape index (κ2) is 5.52. The van der Waals surface area contributed by atoms with Crippen LogP contribution in [0.1, 0.15) is 18.5 Å². The van der Waals surface area contributed by atoms with Gasteiger partial charge in [0.15, 0.2) is 0 Å². The highest BCUT2D eigenvalue weighted by atomic mass is 35.5. The first-order valence-corrected chi connectivity index (χ1v) is 6.90. The third-order valence-electron chi connectivity index (χ3n) is 3.11. The molecule has 0 spiro atoms. The molecule has 0 bridgehead atoms. The molecule has 2 heterocycles. The van der Waals surface area contributed by atoms with E-state index >= 15 is 0 Å². The van der Waals surface area contributed by atoms with Gasteiger partial charge in [0.05, 0.1) is 16.8 Å². The van der Waals surface area contributed by atoms with Gasteiger partial charge in [-0.1, -0.05) is 11.6 Å². The van der Waals surface area contributed by atoms with Gasteiger partial charge in [-0.15, -0.1) is 0 Å². The SMILES string of the molecule is Cc1c(Cl)c(NSN2CCC(O)CC2)cn1C. The molecule has 1 aliphatic rings. The molecule has 0 amide bonds. The second-order valence-corrected chi connectivity index (χ2v) is 5.69. The number of nitrogens with one attached hydrogen (secondary N) is 1. The van der Waals surface area contributed by atoms with Crippen LogP contribution >= 0.6 is 23.7 Å². The van der Waals surface area contributed by atoms with Gasteiger partial charge in [0.25, 0.3) is 0 Å². The average Bonchev–Trinajstić information content (AvgIpc) is 2.56. The minimum Gasteiger partial charge on any atom is -0.393 e. The number of hydrogen-bond donors (Lipinski definition) is 2. The molecular weight excluding hydrogens is 258 g/mol. The fourth-order valence-corrected chi connectivity index (χ4v) is 2.88. The van der Waals surface area contributed by atoms with E-state index in [0.717, 1.165) is 42.3 Å². The minimum absolute atomic E-state index is 0.130. The smallest absolute Gasteiger partial charge is 0.0852 e. The standard InChI is InChI=1S/C11H18ClN3OS/c1-8-11(12)10(7-14(8)2)13-17-15-5-3-9(16)4-6-15/h7,9,13,16H,3-6H2,1-2H3. The Morgan fingerprint density at radius 3 is 2.65 bits per heavy atom. The van der Waals surface area contributed by atoms with Crippen molar-refractivity contribution < 1.29 is 5.11 Å². The van der Waals surface area contributed by atoms with Crippen molar-refractivity contribution in [2.75, 3.05) is 17.8 Å². The summed E-state index contributed by atoms with van der Waals surface area (Å²) in [7, 11) is 1.98. The number of aromatic nitrogens is 1. The minimum atomic E-state index is -0.130. The summed E-state index contributed by atoms with van der Waals surface area (Å²) in [4.78, 5) is 0. The van der Waals surface area contributed by atoms with Gasteiger partial charge in [0.1, 0.15) is 0 Å². The molecule has 0 unspecified atom stereocenters. The first-order chi connectivity index (χ1) is 8.08. The lowest BCUT2D eigenvalue weighted by atomic mass is 10.1. The Labute approximate surface area is 111 Å². The molecule has 0 atom stereocenters. The number of nitrogens with zero attached hydrogens (tertiary/aromatic N) is 2. The van der Waals surface area contributed by atoms with Gasteiger partial charge >= 0.3 is 0 Å². The number of anilines is 1. The quantitative estimate of drug-likeness (QED) is 0.832. The van der Waals surface area contributed by atoms with Gasteiger partial charge in [-0.3, -0.25) is 0 Å². The van der Waals surface area contributed by atoms with Gasteiger partial charge in [-0.2, -0.15) is 0 Å². The molecule has 0 aliphatic carbocycles. The van der Waals surface area contributed by atoms with Crippen LogP contribution in [0.2, 0.25) is 5.02 Å². The van der Waals surface area contributed by atoms with Crippen molar-refractivity contribution in [1.29, 1.82) is 0 Å². The zero-order chi connectivity index (χ0) is 12.4. The maximum atomic E-state index is 9.42. The average molecular weight is 276 g/mol. The summed E-state index contributed by atoms with van der Waals surface area (Å²) in [5.74, 6) is 0. The molecule has 96 valence electrons. The van der Waals surface area contributed by atoms with Gasteiger partial charge in [0, 0.05) is 44.2 Å². The lowest BCUT2D eigenvalue weighted by Crippen LogP contribution is -2.31. The van der Waals surface area contributed by atoms with Crippen LogP contribution in [0.3, 0.4) is 0 Å². The molecular formula is C11H18ClN3OS. The van der Waals surface area contributed by atoms with E-state index < -0.39 is 0 Å². The van der Waals surface area contributed by atoms with E-state index in [1.807, 2.05) is 24.7 Å². The molecule has 17 heavy (non-hydrogen) atoms. The Bertz CT molecular complexity index is 388. The highest BCUT2D eigenvalue weighted by Crippen LogP contribution is 2.30. The summed E-state index contributed by atoms with van der Waals surface area (Å²) in [6.07, 6.45) is 3.55. The molecule has 2 rings (SSSR count). The lowest BCUT2D eigenvalue weighted by molar-refractivity contribution is 0.116. The van der Waals surface area contributed by atoms with Crippen LogP contribution in [0.15, 0.2) is 6.20 Å². The largest absolute Gasteiger partial charge is 0.393 e. The predicted octanol–water partition coefficient (Wildman–Crippen LogP) is 2.42. The molecule has 1 aromatic rings. The van der Waals surface area contributed by atoms with Crippen LogP contribution in [0, 0.1) is 6.92 Å². The number of aliphatic hydroxyl groups excluding tert-OH is 1. The number of halogens is 1. The van der Waals surface area contributed by atoms with E-state index in [1.54, 1.807) is 12.1 Å². The van der Waals surface area contributed by atoms with Crippen molar-refractivity contribution in [3.05, 3.63) is 16.9 Å². The van der Waals surface area contributed by atoms with E-state index in [4.69, 9.17) is 11.6 Å². The summed E-state index contributed by atoms with van der Waals surface area (Å²) < 4.78 is 7.49. The lowest BCUT2D eigenvalue weighted by Gasteiger charge is -2.27. The molecule has 6 heteroatoms. The van der Waals surface area contributed by atoms with E-state index in [1.165, 1.54) is 0 Å². The molecule has 0 aromatic carbocycles. The Balaban J connectivity index is 1.87. The number of piperidine rings is 1. The molecule has 1 aliphatic heterocycles. The van der Waals surface area contributed by atoms with Crippen molar-refractivity contribution in [3.8, 4) is 0 Å². The fraction of sp³-hybridized carbons (Fsp3) is 0.636. The van der Waals surface area contributed by atoms with Gasteiger partial charge in [-0.25, -0.2) is 4.31 Å². The van der Waals surface area contributed by atoms with Crippen molar-refractivity contribution in [2.24, 2.45) is 7.05 Å². The first kappa shape index (κ1) is 13.1. The van der Waals surface area contributed by atoms with Gasteiger partial charge < -0.3 is 14.4 Å². The number of aliphatic hydroxyl groups is 1. The monoisotopic (exact) mass is 275 g/mol. The number of aryl methyl sites for hydroxylation is 1. The van der Waals surface area contributed by atoms with Crippen molar-refractivity contribution in [1.82, 2.24) is 8.87 Å². The molecule has 0 saturated carbocycles. The fourth-order valence-electron chi connectivity index (χ4n) is 1.82. The van der Waals surface area contributed by atoms with E-state index in [2.05, 4.69) is 9.03 Å². The van der Waals surface area contributed by atoms with Crippen LogP contribution < -0.4 is 4.72 Å². The topological polar surface area (TPSA) is 40.4 Å². The number of rotatable bonds is 3. The zero-order valence-electron chi connectivity index (χ0n) is 10.1. The van der Waals surface area contributed by atoms with Crippen LogP contribution in [-0.2, 0) is 7.05 Å². The van der Waals surface area contributed by atoms with E-state index in [0.29, 0.717) is 0 Å². The maximum Gasteiger partial charge on any atom is 0.0852 e. The normalized spacial score (nSPS) is 18.6. The van der Waals surface area contributed by atoms with Crippen LogP contribution in [0.25, 0.3) is 0 Å². The molecule has 1 saturated heterocycles. The maximum absolute atomic E-state index is 9.42. The summed E-state index contributed by atoms with van der Waals surface area (Å²) in [6, 6.07) is 0. The predicted molar refractivity (Wildman–Crippen MR) is 73.2 cm³/mol. The summed E-state index contributed by atoms with van der Waals surface area (Å²) >= 11 is 7.76. The van der Waals surface area contributed by atoms with E-state index in [-0.39, 0.29) is 6.10 Å². The molecule has 1 fully saturated rings. The van der Waals surface area contributed by atoms with Crippen LogP contribution in [0.5, 0.6) is 0 Å². The van der Waals surface area contributed by atoms with Crippen LogP contribution in [0.4, 0.5) is 5.69 Å². The Morgan fingerprint density at radius 1 is 1.47 bits per heavy atom. The van der Waals surface area contributed by atoms with Crippen molar-refractivity contribution in [3.63, 3.8) is 0 Å². The van der Waals surface area contributed by atoms with Crippen LogP contribution in [-0.4, -0.2) is 33.2 Å². The second-order valence-electron chi connectivity index (χ2n) is 4.41. The van der Waals surface area contributed by atoms with Crippen molar-refractivity contribution >= 4 is 29.4 Å². The molecule has 4 nitrogen and oxygen atoms in total. The number of hydrogen-bond acceptors (Lipinski definition) is 4. The highest BCUT2D eigenvalue weighted by Gasteiger charge is 2.18. The Hall–Kier alpha value is -0.360. The summed E-state index contributed by atoms with van der Waals surface area (Å²) in [5.41, 5.74) is 2.01. The third kappa shape index (κ3) is 3.10. The molecule has 1 aromatic heterocycles. The van der Waals surface area contributed by atoms with E-state index in [9.17, 15) is 5.11 Å². The third-order valence-corrected chi connectivity index (χ3v) is 4.53. The Kier molecular flexibility index (Phi) is 4.25. The molecule has 2 N–H and O–H groups in total. The summed E-state index contributed by atoms with van der Waals surface area (Å²) in [6.45, 7) is 3.81. The molecule has 0 radical (unpaired) electrons. The van der Waals surface area contributed by atoms with Gasteiger partial charge in [0.2, 0.25) is 0 Å². The summed E-state index contributed by atoms with van der Waals surface area (Å²) in [5, 5.41) is 10.2. The Morgan fingerprint density at radius 2 is 2.12 bits per heavy atom. The zero-order valence-corrected chi connectivity index (χ0v) is 11.7. The van der Waals surface area contributed by atoms with Crippen molar-refractivity contribution in [2.45, 2.75) is 25.9 Å². The highest BCUT2D eigenvalue weighted by molar-refractivity contribution is 7.98.